The van der Waals surface area contributed by atoms with Crippen molar-refractivity contribution in [3.05, 3.63) is 28.6 Å². The molecule has 1 heterocycles. The largest absolute Gasteiger partial charge is 0.326 e. The van der Waals surface area contributed by atoms with Gasteiger partial charge >= 0.3 is 0 Å². The van der Waals surface area contributed by atoms with Crippen LogP contribution in [0.1, 0.15) is 6.92 Å². The van der Waals surface area contributed by atoms with Crippen LogP contribution in [0.15, 0.2) is 23.6 Å². The molecule has 1 N–H and O–H groups in total. The minimum Gasteiger partial charge on any atom is -0.326 e. The van der Waals surface area contributed by atoms with Gasteiger partial charge in [0.2, 0.25) is 5.91 Å². The summed E-state index contributed by atoms with van der Waals surface area (Å²) in [5, 5.41) is 6.25. The Bertz CT molecular complexity index is 492. The van der Waals surface area contributed by atoms with Crippen LogP contribution in [-0.2, 0) is 4.79 Å². The molecule has 72 valence electrons. The number of fused-ring (bicyclic) bond motifs is 1. The van der Waals surface area contributed by atoms with Gasteiger partial charge in [-0.05, 0) is 12.1 Å². The highest BCUT2D eigenvalue weighted by Gasteiger charge is 2.07. The summed E-state index contributed by atoms with van der Waals surface area (Å²) in [7, 11) is 0. The van der Waals surface area contributed by atoms with Crippen molar-refractivity contribution >= 4 is 44.6 Å². The van der Waals surface area contributed by atoms with Crippen molar-refractivity contribution in [3.8, 4) is 0 Å². The van der Waals surface area contributed by atoms with Crippen LogP contribution < -0.4 is 5.32 Å². The first-order chi connectivity index (χ1) is 6.68. The van der Waals surface area contributed by atoms with Crippen molar-refractivity contribution in [1.29, 1.82) is 0 Å². The third-order valence-electron chi connectivity index (χ3n) is 1.87. The van der Waals surface area contributed by atoms with Gasteiger partial charge in [0.15, 0.2) is 0 Å². The number of nitrogens with one attached hydrogen (secondary N) is 1. The molecule has 2 aromatic rings. The van der Waals surface area contributed by atoms with Crippen LogP contribution >= 0.6 is 22.9 Å². The molecular weight excluding hydrogens is 218 g/mol. The number of benzene rings is 1. The van der Waals surface area contributed by atoms with Crippen molar-refractivity contribution in [2.24, 2.45) is 0 Å². The van der Waals surface area contributed by atoms with E-state index in [9.17, 15) is 4.79 Å². The topological polar surface area (TPSA) is 29.1 Å². The minimum atomic E-state index is -0.0835. The van der Waals surface area contributed by atoms with Gasteiger partial charge in [-0.25, -0.2) is 0 Å². The normalized spacial score (nSPS) is 10.4. The lowest BCUT2D eigenvalue weighted by Gasteiger charge is -2.03. The molecule has 14 heavy (non-hydrogen) atoms. The van der Waals surface area contributed by atoms with Crippen LogP contribution in [0.2, 0.25) is 5.02 Å². The van der Waals surface area contributed by atoms with E-state index in [-0.39, 0.29) is 5.91 Å². The quantitative estimate of drug-likeness (QED) is 0.791. The molecule has 1 aromatic heterocycles. The van der Waals surface area contributed by atoms with Gasteiger partial charge in [0, 0.05) is 22.4 Å². The van der Waals surface area contributed by atoms with E-state index in [1.807, 2.05) is 23.6 Å². The zero-order chi connectivity index (χ0) is 10.1. The second-order valence-corrected chi connectivity index (χ2v) is 4.26. The van der Waals surface area contributed by atoms with E-state index in [4.69, 9.17) is 11.6 Å². The first-order valence-corrected chi connectivity index (χ1v) is 5.37. The number of carbonyl (C=O) groups excluding carboxylic acids is 1. The van der Waals surface area contributed by atoms with Crippen LogP contribution in [0.25, 0.3) is 10.1 Å². The third-order valence-corrected chi connectivity index (χ3v) is 3.24. The van der Waals surface area contributed by atoms with Crippen LogP contribution in [0.3, 0.4) is 0 Å². The van der Waals surface area contributed by atoms with E-state index in [0.29, 0.717) is 5.02 Å². The molecule has 0 saturated carbocycles. The summed E-state index contributed by atoms with van der Waals surface area (Å²) in [5.41, 5.74) is 0.779. The molecule has 0 aliphatic heterocycles. The van der Waals surface area contributed by atoms with Crippen LogP contribution in [0.4, 0.5) is 5.69 Å². The highest BCUT2D eigenvalue weighted by atomic mass is 35.5. The Morgan fingerprint density at radius 2 is 2.29 bits per heavy atom. The lowest BCUT2D eigenvalue weighted by Crippen LogP contribution is -2.05. The highest BCUT2D eigenvalue weighted by molar-refractivity contribution is 7.18. The minimum absolute atomic E-state index is 0.0835. The molecule has 0 aliphatic carbocycles. The van der Waals surface area contributed by atoms with E-state index < -0.39 is 0 Å². The monoisotopic (exact) mass is 225 g/mol. The van der Waals surface area contributed by atoms with Gasteiger partial charge in [0.1, 0.15) is 0 Å². The first kappa shape index (κ1) is 9.49. The smallest absolute Gasteiger partial charge is 0.221 e. The zero-order valence-electron chi connectivity index (χ0n) is 7.50. The SMILES string of the molecule is CC(=O)Nc1cccc2scc(Cl)c12. The van der Waals surface area contributed by atoms with Crippen LogP contribution in [-0.4, -0.2) is 5.91 Å². The summed E-state index contributed by atoms with van der Waals surface area (Å²) in [4.78, 5) is 10.9. The Balaban J connectivity index is 2.63. The standard InChI is InChI=1S/C10H8ClNOS/c1-6(13)12-8-3-2-4-9-10(8)7(11)5-14-9/h2-5H,1H3,(H,12,13). The van der Waals surface area contributed by atoms with Gasteiger partial charge in [-0.2, -0.15) is 0 Å². The molecule has 1 amide bonds. The summed E-state index contributed by atoms with van der Waals surface area (Å²) < 4.78 is 1.08. The van der Waals surface area contributed by atoms with Gasteiger partial charge < -0.3 is 5.32 Å². The number of rotatable bonds is 1. The van der Waals surface area contributed by atoms with E-state index in [1.165, 1.54) is 6.92 Å². The van der Waals surface area contributed by atoms with Crippen molar-refractivity contribution in [2.45, 2.75) is 6.92 Å². The molecule has 2 nitrogen and oxygen atoms in total. The van der Waals surface area contributed by atoms with Gasteiger partial charge in [-0.3, -0.25) is 4.79 Å². The van der Waals surface area contributed by atoms with Gasteiger partial charge in [-0.1, -0.05) is 17.7 Å². The number of amides is 1. The second kappa shape index (κ2) is 3.59. The molecule has 0 aliphatic rings. The number of carbonyl (C=O) groups is 1. The molecule has 0 saturated heterocycles. The summed E-state index contributed by atoms with van der Waals surface area (Å²) in [6.07, 6.45) is 0. The Kier molecular flexibility index (Phi) is 2.44. The number of hydrogen-bond acceptors (Lipinski definition) is 2. The highest BCUT2D eigenvalue weighted by Crippen LogP contribution is 2.35. The number of anilines is 1. The Labute approximate surface area is 90.5 Å². The maximum absolute atomic E-state index is 10.9. The number of thiophene rings is 1. The average molecular weight is 226 g/mol. The summed E-state index contributed by atoms with van der Waals surface area (Å²) in [6.45, 7) is 1.49. The molecule has 4 heteroatoms. The predicted octanol–water partition coefficient (Wildman–Crippen LogP) is 3.51. The van der Waals surface area contributed by atoms with Crippen LogP contribution in [0, 0.1) is 0 Å². The predicted molar refractivity (Wildman–Crippen MR) is 61.1 cm³/mol. The first-order valence-electron chi connectivity index (χ1n) is 4.12. The van der Waals surface area contributed by atoms with E-state index in [2.05, 4.69) is 5.32 Å². The van der Waals surface area contributed by atoms with Crippen molar-refractivity contribution in [1.82, 2.24) is 0 Å². The molecule has 0 atom stereocenters. The lowest BCUT2D eigenvalue weighted by atomic mass is 10.2. The molecule has 2 rings (SSSR count). The average Bonchev–Trinajstić information content (AvgIpc) is 2.48. The maximum Gasteiger partial charge on any atom is 0.221 e. The number of halogens is 1. The summed E-state index contributed by atoms with van der Waals surface area (Å²) in [5.74, 6) is -0.0835. The Morgan fingerprint density at radius 3 is 3.00 bits per heavy atom. The molecular formula is C10H8ClNOS. The van der Waals surface area contributed by atoms with E-state index >= 15 is 0 Å². The third kappa shape index (κ3) is 1.61. The molecule has 0 bridgehead atoms. The Morgan fingerprint density at radius 1 is 1.50 bits per heavy atom. The molecule has 0 radical (unpaired) electrons. The van der Waals surface area contributed by atoms with Gasteiger partial charge in [-0.15, -0.1) is 11.3 Å². The zero-order valence-corrected chi connectivity index (χ0v) is 9.08. The van der Waals surface area contributed by atoms with Crippen molar-refractivity contribution < 1.29 is 4.79 Å². The molecule has 1 aromatic carbocycles. The molecule has 0 fully saturated rings. The van der Waals surface area contributed by atoms with Crippen LogP contribution in [0.5, 0.6) is 0 Å². The summed E-state index contributed by atoms with van der Waals surface area (Å²) >= 11 is 7.59. The van der Waals surface area contributed by atoms with E-state index in [1.54, 1.807) is 11.3 Å². The summed E-state index contributed by atoms with van der Waals surface area (Å²) in [6, 6.07) is 5.74. The fourth-order valence-electron chi connectivity index (χ4n) is 1.34. The van der Waals surface area contributed by atoms with Crippen molar-refractivity contribution in [2.75, 3.05) is 5.32 Å². The fourth-order valence-corrected chi connectivity index (χ4v) is 2.58. The maximum atomic E-state index is 10.9. The number of hydrogen-bond donors (Lipinski definition) is 1. The lowest BCUT2D eigenvalue weighted by molar-refractivity contribution is -0.114. The molecule has 0 unspecified atom stereocenters. The van der Waals surface area contributed by atoms with Gasteiger partial charge in [0.25, 0.3) is 0 Å². The Hall–Kier alpha value is -1.06. The van der Waals surface area contributed by atoms with Crippen molar-refractivity contribution in [3.63, 3.8) is 0 Å². The van der Waals surface area contributed by atoms with Gasteiger partial charge in [0.05, 0.1) is 10.7 Å². The molecule has 0 spiro atoms. The fraction of sp³-hybridized carbons (Fsp3) is 0.100. The second-order valence-electron chi connectivity index (χ2n) is 2.94. The van der Waals surface area contributed by atoms with E-state index in [0.717, 1.165) is 15.8 Å².